The van der Waals surface area contributed by atoms with Gasteiger partial charge in [0.1, 0.15) is 0 Å². The highest BCUT2D eigenvalue weighted by molar-refractivity contribution is 7.80. The summed E-state index contributed by atoms with van der Waals surface area (Å²) in [6.07, 6.45) is 11.5. The maximum atomic E-state index is 8.58. The Kier molecular flexibility index (Phi) is 11.6. The fourth-order valence-corrected chi connectivity index (χ4v) is 1.79. The van der Waals surface area contributed by atoms with Crippen molar-refractivity contribution < 1.29 is 5.11 Å². The molecular formula is C12H26OS. The maximum Gasteiger partial charge on any atom is 0.0431 e. The number of aliphatic hydroxyl groups excluding tert-OH is 1. The van der Waals surface area contributed by atoms with E-state index in [1.54, 1.807) is 0 Å². The second kappa shape index (κ2) is 11.4. The number of hydrogen-bond acceptors (Lipinski definition) is 2. The lowest BCUT2D eigenvalue weighted by molar-refractivity contribution is 0.282. The lowest BCUT2D eigenvalue weighted by Gasteiger charge is -2.03. The van der Waals surface area contributed by atoms with Crippen LogP contribution in [0.3, 0.4) is 0 Å². The van der Waals surface area contributed by atoms with E-state index in [0.29, 0.717) is 11.9 Å². The van der Waals surface area contributed by atoms with Gasteiger partial charge in [-0.3, -0.25) is 0 Å². The molecule has 0 aliphatic heterocycles. The van der Waals surface area contributed by atoms with Crippen molar-refractivity contribution >= 4 is 12.6 Å². The summed E-state index contributed by atoms with van der Waals surface area (Å²) in [6, 6.07) is 0. The minimum atomic E-state index is 0.361. The number of hydrogen-bond donors (Lipinski definition) is 2. The first-order chi connectivity index (χ1) is 6.77. The molecule has 1 unspecified atom stereocenters. The van der Waals surface area contributed by atoms with E-state index in [2.05, 4.69) is 19.6 Å². The van der Waals surface area contributed by atoms with Crippen molar-refractivity contribution in [2.75, 3.05) is 6.61 Å². The smallest absolute Gasteiger partial charge is 0.0431 e. The van der Waals surface area contributed by atoms with Gasteiger partial charge >= 0.3 is 0 Å². The van der Waals surface area contributed by atoms with E-state index in [4.69, 9.17) is 5.11 Å². The van der Waals surface area contributed by atoms with Crippen LogP contribution in [0.5, 0.6) is 0 Å². The van der Waals surface area contributed by atoms with Crippen LogP contribution in [0.1, 0.15) is 64.7 Å². The van der Waals surface area contributed by atoms with Gasteiger partial charge in [-0.2, -0.15) is 12.6 Å². The number of unbranched alkanes of at least 4 members (excludes halogenated alkanes) is 7. The molecule has 0 rings (SSSR count). The molecule has 1 atom stereocenters. The van der Waals surface area contributed by atoms with Gasteiger partial charge in [0.15, 0.2) is 0 Å². The Balaban J connectivity index is 2.85. The zero-order chi connectivity index (χ0) is 10.6. The van der Waals surface area contributed by atoms with Crippen LogP contribution in [0, 0.1) is 0 Å². The Morgan fingerprint density at radius 1 is 0.857 bits per heavy atom. The van der Waals surface area contributed by atoms with E-state index >= 15 is 0 Å². The molecule has 0 radical (unpaired) electrons. The second-order valence-electron chi connectivity index (χ2n) is 4.19. The summed E-state index contributed by atoms with van der Waals surface area (Å²) in [5.41, 5.74) is 0. The predicted molar refractivity (Wildman–Crippen MR) is 67.1 cm³/mol. The van der Waals surface area contributed by atoms with Crippen LogP contribution in [0.2, 0.25) is 0 Å². The summed E-state index contributed by atoms with van der Waals surface area (Å²) >= 11 is 4.36. The highest BCUT2D eigenvalue weighted by Gasteiger charge is 1.95. The minimum Gasteiger partial charge on any atom is -0.396 e. The first-order valence-corrected chi connectivity index (χ1v) is 6.58. The molecule has 0 spiro atoms. The van der Waals surface area contributed by atoms with E-state index in [9.17, 15) is 0 Å². The SMILES string of the molecule is CC(S)CCCCCCCCCCO. The third-order valence-corrected chi connectivity index (χ3v) is 2.79. The summed E-state index contributed by atoms with van der Waals surface area (Å²) in [5, 5.41) is 9.15. The van der Waals surface area contributed by atoms with Crippen molar-refractivity contribution in [2.45, 2.75) is 70.0 Å². The highest BCUT2D eigenvalue weighted by atomic mass is 32.1. The molecule has 1 N–H and O–H groups in total. The first kappa shape index (κ1) is 14.3. The lowest BCUT2D eigenvalue weighted by Crippen LogP contribution is -1.90. The van der Waals surface area contributed by atoms with Crippen molar-refractivity contribution in [2.24, 2.45) is 0 Å². The Hall–Kier alpha value is 0.310. The molecule has 0 aromatic rings. The molecule has 0 aliphatic carbocycles. The monoisotopic (exact) mass is 218 g/mol. The van der Waals surface area contributed by atoms with E-state index in [-0.39, 0.29) is 0 Å². The molecule has 0 aliphatic rings. The topological polar surface area (TPSA) is 20.2 Å². The van der Waals surface area contributed by atoms with E-state index in [1.165, 1.54) is 51.4 Å². The Morgan fingerprint density at radius 3 is 1.71 bits per heavy atom. The maximum absolute atomic E-state index is 8.58. The van der Waals surface area contributed by atoms with E-state index in [1.807, 2.05) is 0 Å². The molecule has 86 valence electrons. The normalized spacial score (nSPS) is 13.1. The van der Waals surface area contributed by atoms with Crippen molar-refractivity contribution in [3.63, 3.8) is 0 Å². The highest BCUT2D eigenvalue weighted by Crippen LogP contribution is 2.11. The van der Waals surface area contributed by atoms with E-state index in [0.717, 1.165) is 6.42 Å². The van der Waals surface area contributed by atoms with Crippen LogP contribution >= 0.6 is 12.6 Å². The van der Waals surface area contributed by atoms with Crippen LogP contribution in [0.25, 0.3) is 0 Å². The molecule has 0 heterocycles. The Labute approximate surface area is 94.7 Å². The third kappa shape index (κ3) is 12.3. The van der Waals surface area contributed by atoms with Gasteiger partial charge in [-0.05, 0) is 18.1 Å². The van der Waals surface area contributed by atoms with Gasteiger partial charge in [0.25, 0.3) is 0 Å². The average Bonchev–Trinajstić information content (AvgIpc) is 2.15. The first-order valence-electron chi connectivity index (χ1n) is 6.06. The molecule has 1 nitrogen and oxygen atoms in total. The quantitative estimate of drug-likeness (QED) is 0.422. The largest absolute Gasteiger partial charge is 0.396 e. The summed E-state index contributed by atoms with van der Waals surface area (Å²) < 4.78 is 0. The molecule has 0 aromatic carbocycles. The lowest BCUT2D eigenvalue weighted by atomic mass is 10.1. The Bertz CT molecular complexity index is 104. The Morgan fingerprint density at radius 2 is 1.29 bits per heavy atom. The van der Waals surface area contributed by atoms with Crippen LogP contribution in [-0.2, 0) is 0 Å². The van der Waals surface area contributed by atoms with Crippen molar-refractivity contribution in [3.05, 3.63) is 0 Å². The van der Waals surface area contributed by atoms with Crippen LogP contribution < -0.4 is 0 Å². The molecule has 0 aromatic heterocycles. The number of aliphatic hydroxyl groups is 1. The van der Waals surface area contributed by atoms with Gasteiger partial charge < -0.3 is 5.11 Å². The van der Waals surface area contributed by atoms with Gasteiger partial charge in [-0.25, -0.2) is 0 Å². The second-order valence-corrected chi connectivity index (χ2v) is 5.07. The molecule has 0 fully saturated rings. The zero-order valence-electron chi connectivity index (χ0n) is 9.54. The zero-order valence-corrected chi connectivity index (χ0v) is 10.4. The summed E-state index contributed by atoms with van der Waals surface area (Å²) in [4.78, 5) is 0. The molecule has 0 saturated heterocycles. The van der Waals surface area contributed by atoms with Crippen LogP contribution in [0.15, 0.2) is 0 Å². The standard InChI is InChI=1S/C12H26OS/c1-12(14)10-8-6-4-2-3-5-7-9-11-13/h12-14H,2-11H2,1H3. The summed E-state index contributed by atoms with van der Waals surface area (Å²) in [7, 11) is 0. The van der Waals surface area contributed by atoms with Gasteiger partial charge in [-0.1, -0.05) is 51.9 Å². The molecular weight excluding hydrogens is 192 g/mol. The fourth-order valence-electron chi connectivity index (χ4n) is 1.61. The average molecular weight is 218 g/mol. The van der Waals surface area contributed by atoms with Crippen LogP contribution in [0.4, 0.5) is 0 Å². The van der Waals surface area contributed by atoms with Crippen molar-refractivity contribution in [3.8, 4) is 0 Å². The van der Waals surface area contributed by atoms with Crippen molar-refractivity contribution in [1.29, 1.82) is 0 Å². The van der Waals surface area contributed by atoms with Crippen molar-refractivity contribution in [1.82, 2.24) is 0 Å². The van der Waals surface area contributed by atoms with E-state index < -0.39 is 0 Å². The van der Waals surface area contributed by atoms with Gasteiger partial charge in [0.05, 0.1) is 0 Å². The molecule has 2 heteroatoms. The molecule has 14 heavy (non-hydrogen) atoms. The van der Waals surface area contributed by atoms with Gasteiger partial charge in [0, 0.05) is 6.61 Å². The van der Waals surface area contributed by atoms with Crippen LogP contribution in [-0.4, -0.2) is 17.0 Å². The summed E-state index contributed by atoms with van der Waals surface area (Å²) in [6.45, 7) is 2.53. The fraction of sp³-hybridized carbons (Fsp3) is 1.00. The number of thiol groups is 1. The molecule has 0 bridgehead atoms. The van der Waals surface area contributed by atoms with Gasteiger partial charge in [0.2, 0.25) is 0 Å². The molecule has 0 saturated carbocycles. The van der Waals surface area contributed by atoms with Gasteiger partial charge in [-0.15, -0.1) is 0 Å². The number of rotatable bonds is 10. The predicted octanol–water partition coefficient (Wildman–Crippen LogP) is 3.81. The minimum absolute atomic E-state index is 0.361. The molecule has 0 amide bonds. The third-order valence-electron chi connectivity index (χ3n) is 2.53. The summed E-state index contributed by atoms with van der Waals surface area (Å²) in [5.74, 6) is 0.